The predicted molar refractivity (Wildman–Crippen MR) is 52.1 cm³/mol. The van der Waals surface area contributed by atoms with Crippen LogP contribution in [0.1, 0.15) is 5.56 Å². The van der Waals surface area contributed by atoms with E-state index in [1.54, 1.807) is 0 Å². The van der Waals surface area contributed by atoms with E-state index < -0.39 is 12.1 Å². The van der Waals surface area contributed by atoms with Crippen LogP contribution >= 0.6 is 23.2 Å². The van der Waals surface area contributed by atoms with Gasteiger partial charge in [-0.3, -0.25) is 0 Å². The normalized spacial score (nSPS) is 11.5. The molecular weight excluding hydrogens is 254 g/mol. The molecular formula is C8H6Cl2F3NO. The average molecular weight is 260 g/mol. The van der Waals surface area contributed by atoms with Gasteiger partial charge in [-0.2, -0.15) is 0 Å². The van der Waals surface area contributed by atoms with Crippen LogP contribution in [0.5, 0.6) is 5.75 Å². The lowest BCUT2D eigenvalue weighted by molar-refractivity contribution is -0.274. The summed E-state index contributed by atoms with van der Waals surface area (Å²) < 4.78 is 39.4. The molecule has 0 saturated heterocycles. The molecule has 0 aromatic heterocycles. The predicted octanol–water partition coefficient (Wildman–Crippen LogP) is 3.56. The van der Waals surface area contributed by atoms with Crippen molar-refractivity contribution in [3.63, 3.8) is 0 Å². The van der Waals surface area contributed by atoms with Gasteiger partial charge in [0.25, 0.3) is 0 Å². The molecule has 0 saturated carbocycles. The van der Waals surface area contributed by atoms with Crippen LogP contribution in [-0.2, 0) is 5.88 Å². The first-order chi connectivity index (χ1) is 6.83. The van der Waals surface area contributed by atoms with Crippen molar-refractivity contribution in [2.45, 2.75) is 12.2 Å². The number of hydrogen-bond donors (Lipinski definition) is 1. The molecule has 0 atom stereocenters. The molecule has 7 heteroatoms. The summed E-state index contributed by atoms with van der Waals surface area (Å²) >= 11 is 11.0. The molecule has 2 N–H and O–H groups in total. The van der Waals surface area contributed by atoms with Gasteiger partial charge in [0, 0.05) is 5.88 Å². The molecule has 1 rings (SSSR count). The lowest BCUT2D eigenvalue weighted by atomic mass is 10.2. The molecule has 0 aliphatic heterocycles. The number of halogens is 5. The van der Waals surface area contributed by atoms with Gasteiger partial charge in [-0.1, -0.05) is 11.6 Å². The van der Waals surface area contributed by atoms with Crippen LogP contribution in [0, 0.1) is 0 Å². The number of nitrogen functional groups attached to an aromatic ring is 1. The summed E-state index contributed by atoms with van der Waals surface area (Å²) in [6.07, 6.45) is -4.82. The first-order valence-corrected chi connectivity index (χ1v) is 4.64. The van der Waals surface area contributed by atoms with Crippen LogP contribution in [0.25, 0.3) is 0 Å². The highest BCUT2D eigenvalue weighted by Gasteiger charge is 2.33. The smallest absolute Gasteiger partial charge is 0.402 e. The molecule has 84 valence electrons. The minimum absolute atomic E-state index is 0.107. The monoisotopic (exact) mass is 259 g/mol. The highest BCUT2D eigenvalue weighted by molar-refractivity contribution is 6.32. The standard InChI is InChI=1S/C8H6Cl2F3NO/c9-3-4-1-5(10)7(6(14)2-4)15-8(11,12)13/h1-2H,3,14H2. The maximum absolute atomic E-state index is 11.9. The van der Waals surface area contributed by atoms with E-state index in [1.807, 2.05) is 0 Å². The van der Waals surface area contributed by atoms with E-state index in [0.717, 1.165) is 0 Å². The lowest BCUT2D eigenvalue weighted by Gasteiger charge is -2.13. The van der Waals surface area contributed by atoms with E-state index in [4.69, 9.17) is 28.9 Å². The van der Waals surface area contributed by atoms with E-state index in [2.05, 4.69) is 4.74 Å². The minimum atomic E-state index is -4.82. The van der Waals surface area contributed by atoms with Crippen molar-refractivity contribution >= 4 is 28.9 Å². The zero-order valence-electron chi connectivity index (χ0n) is 7.24. The molecule has 0 radical (unpaired) electrons. The Morgan fingerprint density at radius 1 is 1.33 bits per heavy atom. The van der Waals surface area contributed by atoms with Crippen LogP contribution in [0.4, 0.5) is 18.9 Å². The lowest BCUT2D eigenvalue weighted by Crippen LogP contribution is -2.18. The fourth-order valence-electron chi connectivity index (χ4n) is 0.974. The van der Waals surface area contributed by atoms with E-state index in [0.29, 0.717) is 5.56 Å². The Hall–Kier alpha value is -0.810. The molecule has 0 heterocycles. The highest BCUT2D eigenvalue weighted by atomic mass is 35.5. The summed E-state index contributed by atoms with van der Waals surface area (Å²) in [7, 11) is 0. The van der Waals surface area contributed by atoms with Gasteiger partial charge >= 0.3 is 6.36 Å². The van der Waals surface area contributed by atoms with Crippen molar-refractivity contribution in [2.75, 3.05) is 5.73 Å². The zero-order chi connectivity index (χ0) is 11.6. The zero-order valence-corrected chi connectivity index (χ0v) is 8.75. The average Bonchev–Trinajstić information content (AvgIpc) is 2.09. The number of rotatable bonds is 2. The Balaban J connectivity index is 3.09. The highest BCUT2D eigenvalue weighted by Crippen LogP contribution is 2.36. The molecule has 0 aliphatic carbocycles. The quantitative estimate of drug-likeness (QED) is 0.651. The van der Waals surface area contributed by atoms with Gasteiger partial charge in [-0.25, -0.2) is 0 Å². The number of alkyl halides is 4. The fraction of sp³-hybridized carbons (Fsp3) is 0.250. The molecule has 0 amide bonds. The Morgan fingerprint density at radius 3 is 2.33 bits per heavy atom. The summed E-state index contributed by atoms with van der Waals surface area (Å²) in [4.78, 5) is 0. The Bertz CT molecular complexity index is 344. The molecule has 0 aliphatic rings. The van der Waals surface area contributed by atoms with Crippen LogP contribution in [-0.4, -0.2) is 6.36 Å². The van der Waals surface area contributed by atoms with Crippen molar-refractivity contribution in [1.82, 2.24) is 0 Å². The second kappa shape index (κ2) is 4.37. The first-order valence-electron chi connectivity index (χ1n) is 3.73. The molecule has 0 spiro atoms. The second-order valence-electron chi connectivity index (χ2n) is 2.68. The van der Waals surface area contributed by atoms with Crippen LogP contribution in [0.15, 0.2) is 12.1 Å². The second-order valence-corrected chi connectivity index (χ2v) is 3.35. The van der Waals surface area contributed by atoms with Gasteiger partial charge in [0.1, 0.15) is 0 Å². The number of hydrogen-bond acceptors (Lipinski definition) is 2. The summed E-state index contributed by atoms with van der Waals surface area (Å²) in [5, 5.41) is -0.219. The Labute approximate surface area is 93.7 Å². The van der Waals surface area contributed by atoms with Gasteiger partial charge < -0.3 is 10.5 Å². The van der Waals surface area contributed by atoms with Crippen LogP contribution < -0.4 is 10.5 Å². The Morgan fingerprint density at radius 2 is 1.93 bits per heavy atom. The summed E-state index contributed by atoms with van der Waals surface area (Å²) in [5.74, 6) is -0.492. The number of benzene rings is 1. The molecule has 2 nitrogen and oxygen atoms in total. The van der Waals surface area contributed by atoms with Crippen LogP contribution in [0.2, 0.25) is 5.02 Å². The van der Waals surface area contributed by atoms with E-state index in [-0.39, 0.29) is 16.6 Å². The van der Waals surface area contributed by atoms with E-state index in [9.17, 15) is 13.2 Å². The van der Waals surface area contributed by atoms with Gasteiger partial charge in [0.15, 0.2) is 5.75 Å². The molecule has 0 unspecified atom stereocenters. The van der Waals surface area contributed by atoms with Crippen molar-refractivity contribution in [3.8, 4) is 5.75 Å². The molecule has 1 aromatic carbocycles. The molecule has 0 fully saturated rings. The van der Waals surface area contributed by atoms with Crippen molar-refractivity contribution in [3.05, 3.63) is 22.7 Å². The molecule has 0 bridgehead atoms. The maximum Gasteiger partial charge on any atom is 0.573 e. The summed E-state index contributed by atoms with van der Waals surface area (Å²) in [5.41, 5.74) is 5.66. The minimum Gasteiger partial charge on any atom is -0.402 e. The van der Waals surface area contributed by atoms with Gasteiger partial charge in [0.05, 0.1) is 10.7 Å². The third-order valence-corrected chi connectivity index (χ3v) is 2.09. The number of nitrogens with two attached hydrogens (primary N) is 1. The summed E-state index contributed by atoms with van der Waals surface area (Å²) in [6, 6.07) is 2.55. The molecule has 15 heavy (non-hydrogen) atoms. The maximum atomic E-state index is 11.9. The summed E-state index contributed by atoms with van der Waals surface area (Å²) in [6.45, 7) is 0. The fourth-order valence-corrected chi connectivity index (χ4v) is 1.42. The van der Waals surface area contributed by atoms with Crippen LogP contribution in [0.3, 0.4) is 0 Å². The van der Waals surface area contributed by atoms with Crippen molar-refractivity contribution in [1.29, 1.82) is 0 Å². The van der Waals surface area contributed by atoms with E-state index in [1.165, 1.54) is 12.1 Å². The van der Waals surface area contributed by atoms with E-state index >= 15 is 0 Å². The largest absolute Gasteiger partial charge is 0.573 e. The SMILES string of the molecule is Nc1cc(CCl)cc(Cl)c1OC(F)(F)F. The van der Waals surface area contributed by atoms with Crippen molar-refractivity contribution in [2.24, 2.45) is 0 Å². The Kier molecular flexibility index (Phi) is 3.57. The van der Waals surface area contributed by atoms with Gasteiger partial charge in [0.2, 0.25) is 0 Å². The van der Waals surface area contributed by atoms with Gasteiger partial charge in [-0.05, 0) is 17.7 Å². The molecule has 1 aromatic rings. The van der Waals surface area contributed by atoms with Gasteiger partial charge in [-0.15, -0.1) is 24.8 Å². The number of anilines is 1. The van der Waals surface area contributed by atoms with Crippen molar-refractivity contribution < 1.29 is 17.9 Å². The topological polar surface area (TPSA) is 35.2 Å². The third-order valence-electron chi connectivity index (χ3n) is 1.50. The third kappa shape index (κ3) is 3.35. The number of ether oxygens (including phenoxy) is 1. The first kappa shape index (κ1) is 12.3.